The zero-order chi connectivity index (χ0) is 26.1. The van der Waals surface area contributed by atoms with Crippen molar-refractivity contribution in [1.29, 1.82) is 0 Å². The summed E-state index contributed by atoms with van der Waals surface area (Å²) in [4.78, 5) is 19.4. The maximum absolute atomic E-state index is 13.7. The lowest BCUT2D eigenvalue weighted by molar-refractivity contribution is -0.137. The number of rotatable bonds is 7. The number of nitrogens with one attached hydrogen (secondary N) is 3. The molecule has 0 saturated heterocycles. The Bertz CT molecular complexity index is 1410. The molecule has 9 nitrogen and oxygen atoms in total. The van der Waals surface area contributed by atoms with Crippen molar-refractivity contribution in [2.45, 2.75) is 25.6 Å². The average Bonchev–Trinajstić information content (AvgIpc) is 2.81. The quantitative estimate of drug-likeness (QED) is 0.429. The molecule has 2 heterocycles. The van der Waals surface area contributed by atoms with Crippen LogP contribution < -0.4 is 20.3 Å². The van der Waals surface area contributed by atoms with E-state index in [0.717, 1.165) is 16.1 Å². The molecule has 1 aromatic heterocycles. The molecule has 1 aliphatic rings. The summed E-state index contributed by atoms with van der Waals surface area (Å²) in [5.41, 5.74) is 1.85. The number of fused-ring (bicyclic) bond motifs is 1. The van der Waals surface area contributed by atoms with Gasteiger partial charge in [0.2, 0.25) is 21.9 Å². The van der Waals surface area contributed by atoms with Gasteiger partial charge in [-0.3, -0.25) is 9.10 Å². The van der Waals surface area contributed by atoms with E-state index in [9.17, 15) is 26.4 Å². The van der Waals surface area contributed by atoms with Gasteiger partial charge in [0.15, 0.2) is 0 Å². The summed E-state index contributed by atoms with van der Waals surface area (Å²) < 4.78 is 66.0. The van der Waals surface area contributed by atoms with E-state index >= 15 is 0 Å². The van der Waals surface area contributed by atoms with Crippen LogP contribution in [0.5, 0.6) is 0 Å². The van der Waals surface area contributed by atoms with Crippen molar-refractivity contribution in [3.05, 3.63) is 65.4 Å². The van der Waals surface area contributed by atoms with Crippen molar-refractivity contribution < 1.29 is 26.4 Å². The molecule has 13 heteroatoms. The molecule has 0 radical (unpaired) electrons. The maximum atomic E-state index is 13.7. The molecule has 190 valence electrons. The molecule has 1 amide bonds. The van der Waals surface area contributed by atoms with E-state index in [1.54, 1.807) is 42.5 Å². The topological polar surface area (TPSA) is 116 Å². The molecule has 1 aliphatic heterocycles. The predicted octanol–water partition coefficient (Wildman–Crippen LogP) is 4.13. The van der Waals surface area contributed by atoms with Gasteiger partial charge in [0.1, 0.15) is 11.4 Å². The van der Waals surface area contributed by atoms with Gasteiger partial charge in [-0.25, -0.2) is 13.4 Å². The highest BCUT2D eigenvalue weighted by molar-refractivity contribution is 7.92. The Balaban J connectivity index is 1.60. The number of benzene rings is 2. The van der Waals surface area contributed by atoms with Crippen molar-refractivity contribution in [2.24, 2.45) is 0 Å². The molecule has 3 N–H and O–H groups in total. The third-order valence-electron chi connectivity index (χ3n) is 5.63. The van der Waals surface area contributed by atoms with Gasteiger partial charge in [-0.05, 0) is 41.8 Å². The van der Waals surface area contributed by atoms with Crippen LogP contribution in [0.3, 0.4) is 0 Å². The zero-order valence-electron chi connectivity index (χ0n) is 19.3. The lowest BCUT2D eigenvalue weighted by Gasteiger charge is -2.21. The second-order valence-electron chi connectivity index (χ2n) is 8.21. The number of para-hydroxylation sites is 1. The Labute approximate surface area is 205 Å². The van der Waals surface area contributed by atoms with Gasteiger partial charge in [0.05, 0.1) is 11.9 Å². The number of hydrogen-bond acceptors (Lipinski definition) is 7. The number of amides is 1. The Morgan fingerprint density at radius 1 is 1.14 bits per heavy atom. The molecule has 0 aliphatic carbocycles. The van der Waals surface area contributed by atoms with Crippen LogP contribution in [0.25, 0.3) is 0 Å². The molecule has 0 bridgehead atoms. The fraction of sp³-hybridized carbons (Fsp3) is 0.261. The minimum absolute atomic E-state index is 0.0631. The van der Waals surface area contributed by atoms with Crippen molar-refractivity contribution in [3.8, 4) is 0 Å². The van der Waals surface area contributed by atoms with Gasteiger partial charge in [-0.1, -0.05) is 18.2 Å². The number of sulfonamides is 1. The fourth-order valence-corrected chi connectivity index (χ4v) is 4.24. The standard InChI is InChI=1S/C23H23F3N6O3S/c1-32(36(2,34)35)19-6-4-3-5-15(19)12-27-21-17(23(24,25)26)13-28-22(31-21)29-16-8-9-18-14(11-16)7-10-20(33)30-18/h3-6,8-9,11,13H,7,10,12H2,1-2H3,(H,30,33)(H2,27,28,29,31). The van der Waals surface area contributed by atoms with Gasteiger partial charge in [-0.2, -0.15) is 18.2 Å². The van der Waals surface area contributed by atoms with Crippen LogP contribution in [0.4, 0.5) is 42.0 Å². The van der Waals surface area contributed by atoms with E-state index in [-0.39, 0.29) is 18.4 Å². The Kier molecular flexibility index (Phi) is 6.76. The molecule has 0 spiro atoms. The second kappa shape index (κ2) is 9.64. The van der Waals surface area contributed by atoms with E-state index < -0.39 is 27.6 Å². The predicted molar refractivity (Wildman–Crippen MR) is 131 cm³/mol. The minimum Gasteiger partial charge on any atom is -0.365 e. The number of carbonyl (C=O) groups excluding carboxylic acids is 1. The summed E-state index contributed by atoms with van der Waals surface area (Å²) in [6, 6.07) is 11.6. The van der Waals surface area contributed by atoms with E-state index in [2.05, 4.69) is 25.9 Å². The summed E-state index contributed by atoms with van der Waals surface area (Å²) in [7, 11) is -2.21. The summed E-state index contributed by atoms with van der Waals surface area (Å²) in [6.45, 7) is -0.117. The Morgan fingerprint density at radius 3 is 2.61 bits per heavy atom. The first-order valence-corrected chi connectivity index (χ1v) is 12.7. The number of carbonyl (C=O) groups is 1. The lowest BCUT2D eigenvalue weighted by Crippen LogP contribution is -2.26. The molecule has 4 rings (SSSR count). The van der Waals surface area contributed by atoms with E-state index in [1.807, 2.05) is 0 Å². The highest BCUT2D eigenvalue weighted by atomic mass is 32.2. The van der Waals surface area contributed by atoms with Gasteiger partial charge < -0.3 is 16.0 Å². The fourth-order valence-electron chi connectivity index (χ4n) is 3.70. The maximum Gasteiger partial charge on any atom is 0.421 e. The number of halogens is 3. The van der Waals surface area contributed by atoms with Crippen molar-refractivity contribution in [2.75, 3.05) is 33.6 Å². The number of aryl methyl sites for hydroxylation is 1. The highest BCUT2D eigenvalue weighted by Gasteiger charge is 2.35. The highest BCUT2D eigenvalue weighted by Crippen LogP contribution is 2.35. The number of hydrogen-bond donors (Lipinski definition) is 3. The van der Waals surface area contributed by atoms with Gasteiger partial charge >= 0.3 is 6.18 Å². The third-order valence-corrected chi connectivity index (χ3v) is 6.82. The third kappa shape index (κ3) is 5.67. The first-order chi connectivity index (χ1) is 16.9. The first-order valence-electron chi connectivity index (χ1n) is 10.8. The summed E-state index contributed by atoms with van der Waals surface area (Å²) >= 11 is 0. The van der Waals surface area contributed by atoms with Crippen LogP contribution in [-0.2, 0) is 34.0 Å². The molecule has 0 unspecified atom stereocenters. The van der Waals surface area contributed by atoms with Crippen molar-refractivity contribution >= 4 is 44.8 Å². The first kappa shape index (κ1) is 25.2. The molecule has 36 heavy (non-hydrogen) atoms. The van der Waals surface area contributed by atoms with Crippen molar-refractivity contribution in [1.82, 2.24) is 9.97 Å². The smallest absolute Gasteiger partial charge is 0.365 e. The number of alkyl halides is 3. The zero-order valence-corrected chi connectivity index (χ0v) is 20.2. The number of nitrogens with zero attached hydrogens (tertiary/aromatic N) is 3. The summed E-state index contributed by atoms with van der Waals surface area (Å²) in [5.74, 6) is -0.594. The molecule has 2 aromatic carbocycles. The van der Waals surface area contributed by atoms with Gasteiger partial charge in [-0.15, -0.1) is 0 Å². The summed E-state index contributed by atoms with van der Waals surface area (Å²) in [6.07, 6.45) is -2.11. The van der Waals surface area contributed by atoms with Crippen LogP contribution in [0, 0.1) is 0 Å². The monoisotopic (exact) mass is 520 g/mol. The molecule has 3 aromatic rings. The molecular weight excluding hydrogens is 497 g/mol. The SMILES string of the molecule is CN(c1ccccc1CNc1nc(Nc2ccc3c(c2)CCC(=O)N3)ncc1C(F)(F)F)S(C)(=O)=O. The Morgan fingerprint density at radius 2 is 1.89 bits per heavy atom. The lowest BCUT2D eigenvalue weighted by atomic mass is 10.0. The van der Waals surface area contributed by atoms with Crippen LogP contribution in [0.2, 0.25) is 0 Å². The van der Waals surface area contributed by atoms with Crippen LogP contribution in [-0.4, -0.2) is 37.6 Å². The van der Waals surface area contributed by atoms with Gasteiger partial charge in [0, 0.05) is 37.6 Å². The van der Waals surface area contributed by atoms with E-state index in [0.29, 0.717) is 41.7 Å². The number of aromatic nitrogens is 2. The van der Waals surface area contributed by atoms with Crippen molar-refractivity contribution in [3.63, 3.8) is 0 Å². The molecule has 0 saturated carbocycles. The minimum atomic E-state index is -4.71. The largest absolute Gasteiger partial charge is 0.421 e. The summed E-state index contributed by atoms with van der Waals surface area (Å²) in [5, 5.41) is 8.35. The van der Waals surface area contributed by atoms with Crippen LogP contribution >= 0.6 is 0 Å². The number of anilines is 5. The second-order valence-corrected chi connectivity index (χ2v) is 10.2. The molecule has 0 atom stereocenters. The van der Waals surface area contributed by atoms with Crippen LogP contribution in [0.15, 0.2) is 48.7 Å². The average molecular weight is 521 g/mol. The van der Waals surface area contributed by atoms with E-state index in [1.165, 1.54) is 7.05 Å². The van der Waals surface area contributed by atoms with Crippen LogP contribution in [0.1, 0.15) is 23.1 Å². The molecular formula is C23H23F3N6O3S. The molecule has 0 fully saturated rings. The van der Waals surface area contributed by atoms with Gasteiger partial charge in [0.25, 0.3) is 0 Å². The normalized spacial score (nSPS) is 13.5. The van der Waals surface area contributed by atoms with E-state index in [4.69, 9.17) is 0 Å². The Hall–Kier alpha value is -3.87.